The number of hydrogen-bond acceptors (Lipinski definition) is 4. The van der Waals surface area contributed by atoms with Crippen molar-refractivity contribution in [3.63, 3.8) is 0 Å². The van der Waals surface area contributed by atoms with Crippen LogP contribution in [0, 0.1) is 0 Å². The summed E-state index contributed by atoms with van der Waals surface area (Å²) in [6.07, 6.45) is 8.02. The van der Waals surface area contributed by atoms with E-state index in [-0.39, 0.29) is 5.91 Å². The summed E-state index contributed by atoms with van der Waals surface area (Å²) < 4.78 is 2.09. The standard InChI is InChI=1S/C27H33N5O/c1-6-11-23(31-16-18(4)29-19(5)17-31)20-15-21(27(33)28-8-3)26-30-22-13-9-10-14-25(22)32(26)24(20)12-7-2/h6-7,9-15,18-19,29H,2,8,16-17H2,1,3-5H3,(H,28,33)/b11-6-,23-20+,24-12-/t18-,19+. The largest absolute Gasteiger partial charge is 0.368 e. The Morgan fingerprint density at radius 2 is 2.00 bits per heavy atom. The van der Waals surface area contributed by atoms with Gasteiger partial charge in [0, 0.05) is 42.6 Å². The molecule has 33 heavy (non-hydrogen) atoms. The number of piperazine rings is 1. The molecule has 2 atom stereocenters. The molecule has 1 aromatic carbocycles. The minimum atomic E-state index is -0.119. The molecule has 1 amide bonds. The van der Waals surface area contributed by atoms with Crippen LogP contribution in [-0.4, -0.2) is 51.9 Å². The lowest BCUT2D eigenvalue weighted by Gasteiger charge is -2.38. The van der Waals surface area contributed by atoms with Crippen molar-refractivity contribution in [2.75, 3.05) is 19.6 Å². The van der Waals surface area contributed by atoms with E-state index >= 15 is 0 Å². The second-order valence-electron chi connectivity index (χ2n) is 8.64. The van der Waals surface area contributed by atoms with E-state index < -0.39 is 0 Å². The van der Waals surface area contributed by atoms with Crippen LogP contribution in [0.25, 0.3) is 28.5 Å². The maximum absolute atomic E-state index is 13.2. The van der Waals surface area contributed by atoms with E-state index in [4.69, 9.17) is 4.98 Å². The predicted molar refractivity (Wildman–Crippen MR) is 136 cm³/mol. The Bertz CT molecular complexity index is 1340. The number of benzene rings is 1. The number of allylic oxidation sites excluding steroid dienone is 2. The van der Waals surface area contributed by atoms with E-state index in [9.17, 15) is 4.79 Å². The molecule has 0 unspecified atom stereocenters. The van der Waals surface area contributed by atoms with Crippen LogP contribution in [0.5, 0.6) is 0 Å². The highest BCUT2D eigenvalue weighted by Crippen LogP contribution is 2.18. The Labute approximate surface area is 195 Å². The molecule has 0 aliphatic carbocycles. The Balaban J connectivity index is 2.20. The van der Waals surface area contributed by atoms with E-state index in [0.717, 1.165) is 40.4 Å². The SMILES string of the molecule is C=C/C=c1/c(=C(\C=C/C)N2C[C@@H](C)N[C@@H](C)C2)cc(C(=O)NCC)c2nc3ccccc3n12. The van der Waals surface area contributed by atoms with Crippen LogP contribution in [0.15, 0.2) is 55.1 Å². The third-order valence-corrected chi connectivity index (χ3v) is 5.96. The predicted octanol–water partition coefficient (Wildman–Crippen LogP) is 2.57. The van der Waals surface area contributed by atoms with Gasteiger partial charge in [0.05, 0.1) is 21.9 Å². The number of amides is 1. The molecule has 1 aliphatic heterocycles. The van der Waals surface area contributed by atoms with Gasteiger partial charge in [-0.1, -0.05) is 30.9 Å². The molecule has 1 fully saturated rings. The molecule has 3 heterocycles. The van der Waals surface area contributed by atoms with Gasteiger partial charge in [-0.05, 0) is 58.0 Å². The average molecular weight is 444 g/mol. The molecule has 172 valence electrons. The van der Waals surface area contributed by atoms with Gasteiger partial charge in [-0.3, -0.25) is 9.20 Å². The van der Waals surface area contributed by atoms with Crippen molar-refractivity contribution >= 4 is 34.4 Å². The normalized spacial score (nSPS) is 20.6. The van der Waals surface area contributed by atoms with Crippen molar-refractivity contribution in [3.05, 3.63) is 71.3 Å². The lowest BCUT2D eigenvalue weighted by molar-refractivity contribution is 0.0957. The van der Waals surface area contributed by atoms with Crippen molar-refractivity contribution in [1.29, 1.82) is 0 Å². The zero-order chi connectivity index (χ0) is 23.5. The first-order chi connectivity index (χ1) is 16.0. The highest BCUT2D eigenvalue weighted by molar-refractivity contribution is 6.01. The molecule has 2 N–H and O–H groups in total. The van der Waals surface area contributed by atoms with Gasteiger partial charge in [-0.2, -0.15) is 0 Å². The maximum Gasteiger partial charge on any atom is 0.255 e. The van der Waals surface area contributed by atoms with Crippen molar-refractivity contribution < 1.29 is 4.79 Å². The van der Waals surface area contributed by atoms with Crippen LogP contribution in [0.1, 0.15) is 38.1 Å². The second-order valence-corrected chi connectivity index (χ2v) is 8.64. The lowest BCUT2D eigenvalue weighted by atomic mass is 10.1. The zero-order valence-electron chi connectivity index (χ0n) is 19.9. The molecule has 0 bridgehead atoms. The average Bonchev–Trinajstić information content (AvgIpc) is 3.17. The highest BCUT2D eigenvalue weighted by atomic mass is 16.1. The van der Waals surface area contributed by atoms with Crippen LogP contribution in [-0.2, 0) is 0 Å². The quantitative estimate of drug-likeness (QED) is 0.636. The summed E-state index contributed by atoms with van der Waals surface area (Å²) in [5, 5.41) is 8.54. The summed E-state index contributed by atoms with van der Waals surface area (Å²) in [6, 6.07) is 10.7. The van der Waals surface area contributed by atoms with E-state index in [0.29, 0.717) is 29.8 Å². The smallest absolute Gasteiger partial charge is 0.255 e. The minimum absolute atomic E-state index is 0.119. The monoisotopic (exact) mass is 443 g/mol. The molecule has 6 nitrogen and oxygen atoms in total. The van der Waals surface area contributed by atoms with E-state index in [2.05, 4.69) is 52.5 Å². The first-order valence-electron chi connectivity index (χ1n) is 11.7. The van der Waals surface area contributed by atoms with Crippen LogP contribution < -0.4 is 21.2 Å². The number of imidazole rings is 1. The molecular formula is C27H33N5O. The number of aromatic nitrogens is 2. The van der Waals surface area contributed by atoms with Crippen LogP contribution in [0.3, 0.4) is 0 Å². The number of fused-ring (bicyclic) bond motifs is 3. The van der Waals surface area contributed by atoms with Gasteiger partial charge in [0.1, 0.15) is 0 Å². The van der Waals surface area contributed by atoms with E-state index in [1.807, 2.05) is 50.3 Å². The zero-order valence-corrected chi connectivity index (χ0v) is 19.9. The van der Waals surface area contributed by atoms with E-state index in [1.54, 1.807) is 6.08 Å². The summed E-state index contributed by atoms with van der Waals surface area (Å²) in [6.45, 7) is 14.7. The maximum atomic E-state index is 13.2. The first-order valence-corrected chi connectivity index (χ1v) is 11.7. The van der Waals surface area contributed by atoms with Gasteiger partial charge < -0.3 is 15.5 Å². The molecule has 1 saturated heterocycles. The fraction of sp³-hybridized carbons (Fsp3) is 0.333. The minimum Gasteiger partial charge on any atom is -0.368 e. The van der Waals surface area contributed by atoms with Crippen LogP contribution in [0.2, 0.25) is 0 Å². The van der Waals surface area contributed by atoms with Crippen LogP contribution in [0.4, 0.5) is 0 Å². The second kappa shape index (κ2) is 9.63. The summed E-state index contributed by atoms with van der Waals surface area (Å²) in [5.41, 5.74) is 4.14. The number of carbonyl (C=O) groups excluding carboxylic acids is 1. The number of nitrogens with one attached hydrogen (secondary N) is 2. The van der Waals surface area contributed by atoms with Gasteiger partial charge in [-0.15, -0.1) is 0 Å². The number of para-hydroxylation sites is 2. The third-order valence-electron chi connectivity index (χ3n) is 5.96. The van der Waals surface area contributed by atoms with Gasteiger partial charge in [0.2, 0.25) is 0 Å². The summed E-state index contributed by atoms with van der Waals surface area (Å²) >= 11 is 0. The van der Waals surface area contributed by atoms with Crippen molar-refractivity contribution in [1.82, 2.24) is 24.9 Å². The molecular weight excluding hydrogens is 410 g/mol. The van der Waals surface area contributed by atoms with Crippen molar-refractivity contribution in [3.8, 4) is 0 Å². The number of hydrogen-bond donors (Lipinski definition) is 2. The Morgan fingerprint density at radius 1 is 1.27 bits per heavy atom. The molecule has 2 aromatic heterocycles. The highest BCUT2D eigenvalue weighted by Gasteiger charge is 2.23. The van der Waals surface area contributed by atoms with Crippen molar-refractivity contribution in [2.24, 2.45) is 0 Å². The Hall–Kier alpha value is -3.38. The number of rotatable bonds is 5. The molecule has 0 saturated carbocycles. The summed E-state index contributed by atoms with van der Waals surface area (Å²) in [4.78, 5) is 20.4. The number of carbonyl (C=O) groups is 1. The topological polar surface area (TPSA) is 61.7 Å². The summed E-state index contributed by atoms with van der Waals surface area (Å²) in [5.74, 6) is -0.119. The van der Waals surface area contributed by atoms with Gasteiger partial charge in [-0.25, -0.2) is 4.98 Å². The molecule has 4 rings (SSSR count). The molecule has 0 spiro atoms. The third kappa shape index (κ3) is 4.31. The lowest BCUT2D eigenvalue weighted by Crippen LogP contribution is -2.54. The molecule has 0 radical (unpaired) electrons. The molecule has 1 aliphatic rings. The number of pyridine rings is 1. The molecule has 3 aromatic rings. The van der Waals surface area contributed by atoms with Gasteiger partial charge >= 0.3 is 0 Å². The van der Waals surface area contributed by atoms with Crippen LogP contribution >= 0.6 is 0 Å². The fourth-order valence-electron chi connectivity index (χ4n) is 4.80. The Morgan fingerprint density at radius 3 is 2.67 bits per heavy atom. The Kier molecular flexibility index (Phi) is 6.65. The van der Waals surface area contributed by atoms with Crippen molar-refractivity contribution in [2.45, 2.75) is 39.8 Å². The number of nitrogens with zero attached hydrogens (tertiary/aromatic N) is 3. The first kappa shape index (κ1) is 22.8. The fourth-order valence-corrected chi connectivity index (χ4v) is 4.80. The van der Waals surface area contributed by atoms with E-state index in [1.165, 1.54) is 0 Å². The molecule has 6 heteroatoms. The van der Waals surface area contributed by atoms with Gasteiger partial charge in [0.15, 0.2) is 5.65 Å². The van der Waals surface area contributed by atoms with Gasteiger partial charge in [0.25, 0.3) is 5.91 Å². The summed E-state index contributed by atoms with van der Waals surface area (Å²) in [7, 11) is 0.